The van der Waals surface area contributed by atoms with Gasteiger partial charge in [-0.25, -0.2) is 4.79 Å². The molecule has 1 N–H and O–H groups in total. The van der Waals surface area contributed by atoms with Crippen LogP contribution >= 0.6 is 0 Å². The number of hydrogen-bond donors (Lipinski definition) is 1. The molecule has 4 heteroatoms. The third-order valence-corrected chi connectivity index (χ3v) is 3.88. The first-order valence-corrected chi connectivity index (χ1v) is 7.22. The van der Waals surface area contributed by atoms with Crippen molar-refractivity contribution in [2.45, 2.75) is 52.6 Å². The molecule has 1 aliphatic carbocycles. The van der Waals surface area contributed by atoms with Gasteiger partial charge in [0.25, 0.3) is 0 Å². The third-order valence-electron chi connectivity index (χ3n) is 3.88. The summed E-state index contributed by atoms with van der Waals surface area (Å²) in [7, 11) is 0. The van der Waals surface area contributed by atoms with E-state index in [1.165, 1.54) is 12.5 Å². The highest BCUT2D eigenvalue weighted by molar-refractivity contribution is 5.86. The summed E-state index contributed by atoms with van der Waals surface area (Å²) in [4.78, 5) is 22.3. The molecule has 21 heavy (non-hydrogen) atoms. The molecular weight excluding hydrogens is 268 g/mol. The van der Waals surface area contributed by atoms with Gasteiger partial charge in [0.2, 0.25) is 0 Å². The zero-order chi connectivity index (χ0) is 16.0. The van der Waals surface area contributed by atoms with E-state index in [2.05, 4.69) is 12.7 Å². The van der Waals surface area contributed by atoms with Gasteiger partial charge in [0.05, 0.1) is 0 Å². The predicted molar refractivity (Wildman–Crippen MR) is 81.8 cm³/mol. The standard InChI is InChI=1S/C17H24O4/c1-11-5-8-15(13(3)17(19)20)9-7-12(2)16(10-6-11)21-14(4)18/h6-7,15-16H,3,5,8-10H2,1-2,4H3,(H,19,20)/b11-6+,12-7+/t15-,16+/m1/s1. The van der Waals surface area contributed by atoms with Gasteiger partial charge in [0.1, 0.15) is 6.10 Å². The number of rotatable bonds is 3. The number of esters is 1. The Hall–Kier alpha value is -1.84. The largest absolute Gasteiger partial charge is 0.478 e. The fraction of sp³-hybridized carbons (Fsp3) is 0.529. The summed E-state index contributed by atoms with van der Waals surface area (Å²) in [5.74, 6) is -1.33. The number of hydrogen-bond acceptors (Lipinski definition) is 3. The van der Waals surface area contributed by atoms with Crippen molar-refractivity contribution in [3.8, 4) is 0 Å². The summed E-state index contributed by atoms with van der Waals surface area (Å²) in [6, 6.07) is 0. The van der Waals surface area contributed by atoms with Gasteiger partial charge in [0, 0.05) is 18.9 Å². The van der Waals surface area contributed by atoms with Gasteiger partial charge in [-0.15, -0.1) is 0 Å². The van der Waals surface area contributed by atoms with Crippen LogP contribution in [0, 0.1) is 5.92 Å². The second kappa shape index (κ2) is 7.81. The quantitative estimate of drug-likeness (QED) is 0.490. The van der Waals surface area contributed by atoms with Crippen molar-refractivity contribution in [2.75, 3.05) is 0 Å². The maximum atomic E-state index is 11.2. The van der Waals surface area contributed by atoms with Gasteiger partial charge in [-0.1, -0.05) is 24.3 Å². The first-order chi connectivity index (χ1) is 9.81. The minimum atomic E-state index is -0.943. The van der Waals surface area contributed by atoms with Gasteiger partial charge in [-0.05, 0) is 44.6 Å². The Kier molecular flexibility index (Phi) is 6.40. The summed E-state index contributed by atoms with van der Waals surface area (Å²) < 4.78 is 5.34. The molecule has 0 saturated carbocycles. The van der Waals surface area contributed by atoms with Crippen LogP contribution in [0.15, 0.2) is 35.5 Å². The van der Waals surface area contributed by atoms with Crippen LogP contribution in [0.1, 0.15) is 46.5 Å². The van der Waals surface area contributed by atoms with Crippen molar-refractivity contribution in [1.29, 1.82) is 0 Å². The number of carboxylic acids is 1. The summed E-state index contributed by atoms with van der Waals surface area (Å²) in [6.45, 7) is 9.02. The van der Waals surface area contributed by atoms with Crippen molar-refractivity contribution in [2.24, 2.45) is 5.92 Å². The van der Waals surface area contributed by atoms with E-state index in [4.69, 9.17) is 9.84 Å². The Morgan fingerprint density at radius 2 is 1.95 bits per heavy atom. The van der Waals surface area contributed by atoms with Crippen molar-refractivity contribution in [3.05, 3.63) is 35.5 Å². The number of allylic oxidation sites excluding steroid dienone is 2. The highest BCUT2D eigenvalue weighted by Gasteiger charge is 2.20. The van der Waals surface area contributed by atoms with Crippen LogP contribution in [0.5, 0.6) is 0 Å². The molecule has 0 aromatic carbocycles. The zero-order valence-corrected chi connectivity index (χ0v) is 13.0. The van der Waals surface area contributed by atoms with Crippen LogP contribution < -0.4 is 0 Å². The summed E-state index contributed by atoms with van der Waals surface area (Å²) in [6.07, 6.45) is 6.65. The van der Waals surface area contributed by atoms with Crippen LogP contribution in [0.3, 0.4) is 0 Å². The lowest BCUT2D eigenvalue weighted by atomic mass is 9.87. The number of aliphatic carboxylic acids is 1. The zero-order valence-electron chi connectivity index (χ0n) is 13.0. The van der Waals surface area contributed by atoms with Crippen LogP contribution in [-0.4, -0.2) is 23.1 Å². The molecule has 0 bridgehead atoms. The number of carboxylic acid groups (broad SMARTS) is 1. The van der Waals surface area contributed by atoms with E-state index in [1.54, 1.807) is 0 Å². The maximum Gasteiger partial charge on any atom is 0.331 e. The highest BCUT2D eigenvalue weighted by Crippen LogP contribution is 2.26. The molecule has 0 heterocycles. The second-order valence-electron chi connectivity index (χ2n) is 5.63. The average Bonchev–Trinajstić information content (AvgIpc) is 2.41. The Morgan fingerprint density at radius 3 is 2.52 bits per heavy atom. The normalized spacial score (nSPS) is 28.5. The fourth-order valence-corrected chi connectivity index (χ4v) is 2.41. The molecule has 0 radical (unpaired) electrons. The monoisotopic (exact) mass is 292 g/mol. The van der Waals surface area contributed by atoms with Gasteiger partial charge in [0.15, 0.2) is 0 Å². The van der Waals surface area contributed by atoms with Crippen LogP contribution in [0.2, 0.25) is 0 Å². The lowest BCUT2D eigenvalue weighted by Gasteiger charge is -2.21. The Labute approximate surface area is 126 Å². The summed E-state index contributed by atoms with van der Waals surface area (Å²) in [5, 5.41) is 9.12. The molecule has 0 aromatic rings. The van der Waals surface area contributed by atoms with Crippen LogP contribution in [0.25, 0.3) is 0 Å². The highest BCUT2D eigenvalue weighted by atomic mass is 16.5. The minimum Gasteiger partial charge on any atom is -0.478 e. The van der Waals surface area contributed by atoms with E-state index >= 15 is 0 Å². The molecule has 1 rings (SSSR count). The molecule has 0 saturated heterocycles. The second-order valence-corrected chi connectivity index (χ2v) is 5.63. The average molecular weight is 292 g/mol. The van der Waals surface area contributed by atoms with E-state index in [1.807, 2.05) is 19.9 Å². The summed E-state index contributed by atoms with van der Waals surface area (Å²) >= 11 is 0. The Balaban J connectivity index is 2.96. The first kappa shape index (κ1) is 17.2. The lowest BCUT2D eigenvalue weighted by molar-refractivity contribution is -0.144. The molecule has 2 atom stereocenters. The molecule has 0 fully saturated rings. The van der Waals surface area contributed by atoms with E-state index in [0.717, 1.165) is 18.4 Å². The molecule has 116 valence electrons. The molecule has 0 unspecified atom stereocenters. The third kappa shape index (κ3) is 5.58. The minimum absolute atomic E-state index is 0.0862. The van der Waals surface area contributed by atoms with E-state index in [9.17, 15) is 9.59 Å². The van der Waals surface area contributed by atoms with Crippen molar-refractivity contribution in [1.82, 2.24) is 0 Å². The lowest BCUT2D eigenvalue weighted by Crippen LogP contribution is -2.18. The van der Waals surface area contributed by atoms with Gasteiger partial charge < -0.3 is 9.84 Å². The fourth-order valence-electron chi connectivity index (χ4n) is 2.41. The van der Waals surface area contributed by atoms with Gasteiger partial charge in [-0.2, -0.15) is 0 Å². The maximum absolute atomic E-state index is 11.2. The number of carbonyl (C=O) groups is 2. The van der Waals surface area contributed by atoms with E-state index in [0.29, 0.717) is 12.8 Å². The van der Waals surface area contributed by atoms with E-state index < -0.39 is 5.97 Å². The predicted octanol–water partition coefficient (Wildman–Crippen LogP) is 3.64. The van der Waals surface area contributed by atoms with Crippen LogP contribution in [0.4, 0.5) is 0 Å². The topological polar surface area (TPSA) is 63.6 Å². The number of ether oxygens (including phenoxy) is 1. The van der Waals surface area contributed by atoms with Gasteiger partial charge >= 0.3 is 11.9 Å². The summed E-state index contributed by atoms with van der Waals surface area (Å²) in [5.41, 5.74) is 2.39. The smallest absolute Gasteiger partial charge is 0.331 e. The number of carbonyl (C=O) groups excluding carboxylic acids is 1. The Morgan fingerprint density at radius 1 is 1.29 bits per heavy atom. The molecule has 0 amide bonds. The molecule has 0 spiro atoms. The van der Waals surface area contributed by atoms with Crippen molar-refractivity contribution >= 4 is 11.9 Å². The Bertz CT molecular complexity index is 485. The van der Waals surface area contributed by atoms with Crippen molar-refractivity contribution in [3.63, 3.8) is 0 Å². The molecule has 0 aromatic heterocycles. The molecule has 4 nitrogen and oxygen atoms in total. The van der Waals surface area contributed by atoms with E-state index in [-0.39, 0.29) is 23.6 Å². The molecular formula is C17H24O4. The van der Waals surface area contributed by atoms with Crippen LogP contribution in [-0.2, 0) is 14.3 Å². The first-order valence-electron chi connectivity index (χ1n) is 7.22. The molecule has 1 aliphatic rings. The SMILES string of the molecule is C=C(C(=O)O)[C@H]1C/C=C(\C)[C@@H](OC(C)=O)C/C=C(\C)CC1. The van der Waals surface area contributed by atoms with Crippen molar-refractivity contribution < 1.29 is 19.4 Å². The van der Waals surface area contributed by atoms with Gasteiger partial charge in [-0.3, -0.25) is 4.79 Å². The molecule has 0 aliphatic heterocycles.